The lowest BCUT2D eigenvalue weighted by atomic mass is 9.86. The van der Waals surface area contributed by atoms with Gasteiger partial charge < -0.3 is 20.4 Å². The molecule has 0 saturated heterocycles. The first-order valence-corrected chi connectivity index (χ1v) is 9.06. The van der Waals surface area contributed by atoms with Crippen molar-refractivity contribution in [2.75, 3.05) is 26.7 Å². The topological polar surface area (TPSA) is 78.7 Å². The third-order valence-corrected chi connectivity index (χ3v) is 4.48. The Labute approximate surface area is 144 Å². The van der Waals surface area contributed by atoms with Crippen LogP contribution in [0.15, 0.2) is 27.8 Å². The predicted molar refractivity (Wildman–Crippen MR) is 96.2 cm³/mol. The summed E-state index contributed by atoms with van der Waals surface area (Å²) < 4.78 is 5.04. The first-order valence-electron chi connectivity index (χ1n) is 9.06. The summed E-state index contributed by atoms with van der Waals surface area (Å²) in [6.07, 6.45) is 11.0. The fourth-order valence-corrected chi connectivity index (χ4v) is 3.15. The van der Waals surface area contributed by atoms with Gasteiger partial charge in [-0.3, -0.25) is 9.79 Å². The summed E-state index contributed by atoms with van der Waals surface area (Å²) >= 11 is 0. The standard InChI is InChI=1S/C18H30N4O2/c1-19-18(21-11-5-9-15-7-3-2-4-8-15)22-13-12-20-17(23)16-10-6-14-24-16/h6,10,14-15H,2-5,7-9,11-13H2,1H3,(H,20,23)(H2,19,21,22). The van der Waals surface area contributed by atoms with Crippen molar-refractivity contribution >= 4 is 11.9 Å². The third-order valence-electron chi connectivity index (χ3n) is 4.48. The first-order chi connectivity index (χ1) is 11.8. The van der Waals surface area contributed by atoms with Gasteiger partial charge >= 0.3 is 0 Å². The van der Waals surface area contributed by atoms with Gasteiger partial charge in [-0.05, 0) is 30.9 Å². The zero-order valence-electron chi connectivity index (χ0n) is 14.6. The molecule has 1 saturated carbocycles. The lowest BCUT2D eigenvalue weighted by Gasteiger charge is -2.21. The Morgan fingerprint density at radius 1 is 1.17 bits per heavy atom. The van der Waals surface area contributed by atoms with Crippen molar-refractivity contribution in [2.24, 2.45) is 10.9 Å². The van der Waals surface area contributed by atoms with E-state index < -0.39 is 0 Å². The van der Waals surface area contributed by atoms with Crippen molar-refractivity contribution in [2.45, 2.75) is 44.9 Å². The molecule has 0 aromatic carbocycles. The highest BCUT2D eigenvalue weighted by Gasteiger charge is 2.12. The minimum absolute atomic E-state index is 0.197. The number of furan rings is 1. The summed E-state index contributed by atoms with van der Waals surface area (Å²) in [7, 11) is 1.76. The highest BCUT2D eigenvalue weighted by Crippen LogP contribution is 2.26. The smallest absolute Gasteiger partial charge is 0.287 e. The second-order valence-corrected chi connectivity index (χ2v) is 6.31. The zero-order valence-corrected chi connectivity index (χ0v) is 14.6. The fraction of sp³-hybridized carbons (Fsp3) is 0.667. The SMILES string of the molecule is CN=C(NCCCC1CCCCC1)NCCNC(=O)c1ccco1. The molecule has 2 rings (SSSR count). The number of nitrogens with zero attached hydrogens (tertiary/aromatic N) is 1. The van der Waals surface area contributed by atoms with Crippen LogP contribution >= 0.6 is 0 Å². The third kappa shape index (κ3) is 6.64. The normalized spacial score (nSPS) is 16.0. The number of hydrogen-bond donors (Lipinski definition) is 3. The Bertz CT molecular complexity index is 493. The molecular weight excluding hydrogens is 304 g/mol. The molecule has 1 fully saturated rings. The molecule has 0 unspecified atom stereocenters. The molecule has 1 amide bonds. The molecule has 0 aliphatic heterocycles. The highest BCUT2D eigenvalue weighted by atomic mass is 16.3. The molecular formula is C18H30N4O2. The van der Waals surface area contributed by atoms with E-state index in [1.807, 2.05) is 0 Å². The number of guanidine groups is 1. The van der Waals surface area contributed by atoms with E-state index in [1.54, 1.807) is 19.2 Å². The van der Waals surface area contributed by atoms with Crippen LogP contribution in [0.3, 0.4) is 0 Å². The molecule has 0 atom stereocenters. The minimum Gasteiger partial charge on any atom is -0.459 e. The first kappa shape index (κ1) is 18.4. The number of carbonyl (C=O) groups excluding carboxylic acids is 1. The van der Waals surface area contributed by atoms with Gasteiger partial charge in [-0.15, -0.1) is 0 Å². The van der Waals surface area contributed by atoms with Crippen LogP contribution in [0.4, 0.5) is 0 Å². The maximum absolute atomic E-state index is 11.7. The van der Waals surface area contributed by atoms with E-state index in [0.717, 1.165) is 18.4 Å². The quantitative estimate of drug-likeness (QED) is 0.388. The summed E-state index contributed by atoms with van der Waals surface area (Å²) in [5.41, 5.74) is 0. The van der Waals surface area contributed by atoms with E-state index in [0.29, 0.717) is 18.8 Å². The van der Waals surface area contributed by atoms with Gasteiger partial charge in [0.2, 0.25) is 0 Å². The molecule has 1 aliphatic rings. The van der Waals surface area contributed by atoms with E-state index in [-0.39, 0.29) is 5.91 Å². The van der Waals surface area contributed by atoms with Crippen molar-refractivity contribution in [3.8, 4) is 0 Å². The highest BCUT2D eigenvalue weighted by molar-refractivity contribution is 5.91. The Morgan fingerprint density at radius 3 is 2.62 bits per heavy atom. The number of rotatable bonds is 8. The van der Waals surface area contributed by atoms with Crippen molar-refractivity contribution in [3.63, 3.8) is 0 Å². The van der Waals surface area contributed by atoms with Crippen LogP contribution < -0.4 is 16.0 Å². The molecule has 1 aromatic heterocycles. The van der Waals surface area contributed by atoms with Gasteiger partial charge in [-0.25, -0.2) is 0 Å². The number of amides is 1. The van der Waals surface area contributed by atoms with Gasteiger partial charge in [0.05, 0.1) is 6.26 Å². The molecule has 6 nitrogen and oxygen atoms in total. The van der Waals surface area contributed by atoms with Gasteiger partial charge in [0.1, 0.15) is 0 Å². The number of carbonyl (C=O) groups is 1. The largest absolute Gasteiger partial charge is 0.459 e. The van der Waals surface area contributed by atoms with E-state index >= 15 is 0 Å². The second kappa shape index (κ2) is 10.7. The molecule has 0 radical (unpaired) electrons. The molecule has 0 bridgehead atoms. The van der Waals surface area contributed by atoms with Crippen molar-refractivity contribution in [1.29, 1.82) is 0 Å². The second-order valence-electron chi connectivity index (χ2n) is 6.31. The van der Waals surface area contributed by atoms with Crippen LogP contribution in [-0.2, 0) is 0 Å². The van der Waals surface area contributed by atoms with Gasteiger partial charge in [0.25, 0.3) is 5.91 Å². The minimum atomic E-state index is -0.197. The summed E-state index contributed by atoms with van der Waals surface area (Å²) in [4.78, 5) is 15.9. The van der Waals surface area contributed by atoms with Crippen LogP contribution in [0.1, 0.15) is 55.5 Å². The van der Waals surface area contributed by atoms with E-state index in [9.17, 15) is 4.79 Å². The molecule has 1 heterocycles. The summed E-state index contributed by atoms with van der Waals surface area (Å²) in [5.74, 6) is 1.84. The number of hydrogen-bond acceptors (Lipinski definition) is 3. The monoisotopic (exact) mass is 334 g/mol. The van der Waals surface area contributed by atoms with Crippen LogP contribution in [0.5, 0.6) is 0 Å². The van der Waals surface area contributed by atoms with Crippen LogP contribution in [0.25, 0.3) is 0 Å². The molecule has 24 heavy (non-hydrogen) atoms. The van der Waals surface area contributed by atoms with Crippen molar-refractivity contribution in [3.05, 3.63) is 24.2 Å². The average Bonchev–Trinajstić information content (AvgIpc) is 3.16. The van der Waals surface area contributed by atoms with Gasteiger partial charge in [0, 0.05) is 26.7 Å². The fourth-order valence-electron chi connectivity index (χ4n) is 3.15. The summed E-state index contributed by atoms with van der Waals surface area (Å²) in [6.45, 7) is 2.08. The zero-order chi connectivity index (χ0) is 17.0. The summed E-state index contributed by atoms with van der Waals surface area (Å²) in [5, 5.41) is 9.33. The molecule has 0 spiro atoms. The Hall–Kier alpha value is -1.98. The van der Waals surface area contributed by atoms with E-state index in [1.165, 1.54) is 51.2 Å². The van der Waals surface area contributed by atoms with E-state index in [4.69, 9.17) is 4.42 Å². The lowest BCUT2D eigenvalue weighted by Crippen LogP contribution is -2.41. The molecule has 6 heteroatoms. The Morgan fingerprint density at radius 2 is 1.92 bits per heavy atom. The molecule has 1 aliphatic carbocycles. The Kier molecular flexibility index (Phi) is 8.21. The van der Waals surface area contributed by atoms with Crippen molar-refractivity contribution in [1.82, 2.24) is 16.0 Å². The van der Waals surface area contributed by atoms with Crippen LogP contribution in [-0.4, -0.2) is 38.5 Å². The van der Waals surface area contributed by atoms with Crippen molar-refractivity contribution < 1.29 is 9.21 Å². The Balaban J connectivity index is 1.51. The predicted octanol–water partition coefficient (Wildman–Crippen LogP) is 2.53. The van der Waals surface area contributed by atoms with Crippen LogP contribution in [0.2, 0.25) is 0 Å². The summed E-state index contributed by atoms with van der Waals surface area (Å²) in [6, 6.07) is 3.35. The number of nitrogens with one attached hydrogen (secondary N) is 3. The van der Waals surface area contributed by atoms with Crippen LogP contribution in [0, 0.1) is 5.92 Å². The average molecular weight is 334 g/mol. The maximum Gasteiger partial charge on any atom is 0.287 e. The molecule has 134 valence electrons. The van der Waals surface area contributed by atoms with E-state index in [2.05, 4.69) is 20.9 Å². The molecule has 3 N–H and O–H groups in total. The van der Waals surface area contributed by atoms with Gasteiger partial charge in [-0.1, -0.05) is 32.1 Å². The van der Waals surface area contributed by atoms with Gasteiger partial charge in [0.15, 0.2) is 11.7 Å². The maximum atomic E-state index is 11.7. The van der Waals surface area contributed by atoms with Gasteiger partial charge in [-0.2, -0.15) is 0 Å². The molecule has 1 aromatic rings. The number of aliphatic imine (C=N–C) groups is 1. The lowest BCUT2D eigenvalue weighted by molar-refractivity contribution is 0.0926.